The summed E-state index contributed by atoms with van der Waals surface area (Å²) in [6.45, 7) is 5.54. The number of nitrogens with zero attached hydrogens (tertiary/aromatic N) is 5. The van der Waals surface area contributed by atoms with Gasteiger partial charge in [-0.3, -0.25) is 0 Å². The van der Waals surface area contributed by atoms with E-state index >= 15 is 0 Å². The Morgan fingerprint density at radius 3 is 2.64 bits per heavy atom. The highest BCUT2D eigenvalue weighted by molar-refractivity contribution is 5.74. The summed E-state index contributed by atoms with van der Waals surface area (Å²) in [6.07, 6.45) is 1.97. The fourth-order valence-corrected chi connectivity index (χ4v) is 3.48. The molecule has 3 heterocycles. The number of benzene rings is 1. The molecule has 25 heavy (non-hydrogen) atoms. The quantitative estimate of drug-likeness (QED) is 0.779. The Balaban J connectivity index is 1.54. The zero-order valence-corrected chi connectivity index (χ0v) is 14.5. The van der Waals surface area contributed by atoms with E-state index in [0.29, 0.717) is 17.3 Å². The van der Waals surface area contributed by atoms with E-state index in [0.717, 1.165) is 54.0 Å². The summed E-state index contributed by atoms with van der Waals surface area (Å²) in [5.41, 5.74) is 4.50. The molecule has 1 aliphatic rings. The van der Waals surface area contributed by atoms with Gasteiger partial charge in [0, 0.05) is 19.0 Å². The van der Waals surface area contributed by atoms with Gasteiger partial charge in [-0.05, 0) is 44.4 Å². The number of aromatic nitrogens is 4. The minimum Gasteiger partial charge on any atom is -0.354 e. The van der Waals surface area contributed by atoms with Gasteiger partial charge in [-0.1, -0.05) is 12.1 Å². The second kappa shape index (κ2) is 6.17. The molecule has 1 saturated heterocycles. The van der Waals surface area contributed by atoms with Crippen molar-refractivity contribution in [2.75, 3.05) is 18.0 Å². The van der Waals surface area contributed by atoms with Crippen LogP contribution in [0.3, 0.4) is 0 Å². The summed E-state index contributed by atoms with van der Waals surface area (Å²) in [4.78, 5) is 10.4. The third-order valence-corrected chi connectivity index (χ3v) is 5.14. The lowest BCUT2D eigenvalue weighted by atomic mass is 9.95. The van der Waals surface area contributed by atoms with Gasteiger partial charge in [0.05, 0.1) is 16.7 Å². The molecule has 3 aromatic rings. The van der Waals surface area contributed by atoms with E-state index < -0.39 is 0 Å². The van der Waals surface area contributed by atoms with Crippen LogP contribution in [0, 0.1) is 25.2 Å². The molecule has 0 spiro atoms. The number of nitrogens with one attached hydrogen (secondary N) is 1. The molecule has 4 rings (SSSR count). The first-order valence-electron chi connectivity index (χ1n) is 8.61. The monoisotopic (exact) mass is 332 g/mol. The van der Waals surface area contributed by atoms with E-state index in [-0.39, 0.29) is 0 Å². The van der Waals surface area contributed by atoms with Crippen molar-refractivity contribution in [1.29, 1.82) is 5.26 Å². The SMILES string of the molecule is Cc1nnc(N2CCC(c3nc4ccccc4[nH]3)CC2)c(C#N)c1C. The van der Waals surface area contributed by atoms with Gasteiger partial charge in [0.2, 0.25) is 0 Å². The number of fused-ring (bicyclic) bond motifs is 1. The Morgan fingerprint density at radius 2 is 1.92 bits per heavy atom. The number of anilines is 1. The topological polar surface area (TPSA) is 81.5 Å². The molecule has 6 nitrogen and oxygen atoms in total. The van der Waals surface area contributed by atoms with Gasteiger partial charge in [-0.15, -0.1) is 5.10 Å². The number of para-hydroxylation sites is 2. The maximum Gasteiger partial charge on any atom is 0.169 e. The maximum absolute atomic E-state index is 9.51. The predicted octanol–water partition coefficient (Wildman–Crippen LogP) is 3.23. The lowest BCUT2D eigenvalue weighted by Crippen LogP contribution is -2.34. The van der Waals surface area contributed by atoms with Crippen molar-refractivity contribution in [3.63, 3.8) is 0 Å². The first-order chi connectivity index (χ1) is 12.2. The lowest BCUT2D eigenvalue weighted by molar-refractivity contribution is 0.485. The summed E-state index contributed by atoms with van der Waals surface area (Å²) >= 11 is 0. The van der Waals surface area contributed by atoms with Crippen LogP contribution in [0.1, 0.15) is 41.4 Å². The fourth-order valence-electron chi connectivity index (χ4n) is 3.48. The third kappa shape index (κ3) is 2.72. The highest BCUT2D eigenvalue weighted by Gasteiger charge is 2.26. The normalized spacial score (nSPS) is 15.5. The molecule has 1 fully saturated rings. The molecule has 6 heteroatoms. The largest absolute Gasteiger partial charge is 0.354 e. The molecule has 1 N–H and O–H groups in total. The van der Waals surface area contributed by atoms with Crippen LogP contribution in [-0.2, 0) is 0 Å². The summed E-state index contributed by atoms with van der Waals surface area (Å²) in [7, 11) is 0. The minimum atomic E-state index is 0.411. The van der Waals surface area contributed by atoms with Gasteiger partial charge in [-0.25, -0.2) is 4.98 Å². The van der Waals surface area contributed by atoms with Crippen LogP contribution in [0.15, 0.2) is 24.3 Å². The number of imidazole rings is 1. The number of aromatic amines is 1. The second-order valence-electron chi connectivity index (χ2n) is 6.62. The number of nitriles is 1. The Kier molecular flexibility index (Phi) is 3.85. The van der Waals surface area contributed by atoms with Crippen LogP contribution in [0.5, 0.6) is 0 Å². The minimum absolute atomic E-state index is 0.411. The zero-order chi connectivity index (χ0) is 17.4. The van der Waals surface area contributed by atoms with Crippen LogP contribution in [0.4, 0.5) is 5.82 Å². The number of rotatable bonds is 2. The Bertz CT molecular complexity index is 927. The molecule has 0 radical (unpaired) electrons. The second-order valence-corrected chi connectivity index (χ2v) is 6.62. The molecule has 0 amide bonds. The van der Waals surface area contributed by atoms with Crippen molar-refractivity contribution in [2.45, 2.75) is 32.6 Å². The molecule has 0 atom stereocenters. The number of hydrogen-bond donors (Lipinski definition) is 1. The van der Waals surface area contributed by atoms with Gasteiger partial charge >= 0.3 is 0 Å². The van der Waals surface area contributed by atoms with Gasteiger partial charge < -0.3 is 9.88 Å². The highest BCUT2D eigenvalue weighted by Crippen LogP contribution is 2.31. The molecule has 126 valence electrons. The smallest absolute Gasteiger partial charge is 0.169 e. The third-order valence-electron chi connectivity index (χ3n) is 5.14. The zero-order valence-electron chi connectivity index (χ0n) is 14.5. The van der Waals surface area contributed by atoms with Crippen molar-refractivity contribution in [2.24, 2.45) is 0 Å². The average molecular weight is 332 g/mol. The van der Waals surface area contributed by atoms with E-state index in [1.54, 1.807) is 0 Å². The van der Waals surface area contributed by atoms with Crippen molar-refractivity contribution < 1.29 is 0 Å². The Labute approximate surface area is 146 Å². The fraction of sp³-hybridized carbons (Fsp3) is 0.368. The first-order valence-corrected chi connectivity index (χ1v) is 8.61. The highest BCUT2D eigenvalue weighted by atomic mass is 15.3. The first kappa shape index (κ1) is 15.6. The molecule has 2 aromatic heterocycles. The Hall–Kier alpha value is -2.94. The summed E-state index contributed by atoms with van der Waals surface area (Å²) < 4.78 is 0. The van der Waals surface area contributed by atoms with E-state index in [9.17, 15) is 5.26 Å². The molecule has 0 bridgehead atoms. The number of piperidine rings is 1. The van der Waals surface area contributed by atoms with Crippen LogP contribution >= 0.6 is 0 Å². The molecule has 1 aliphatic heterocycles. The molecule has 0 aliphatic carbocycles. The number of aryl methyl sites for hydroxylation is 1. The molecule has 0 saturated carbocycles. The summed E-state index contributed by atoms with van der Waals surface area (Å²) in [5.74, 6) is 2.19. The number of H-pyrrole nitrogens is 1. The summed E-state index contributed by atoms with van der Waals surface area (Å²) in [5, 5.41) is 18.0. The molecule has 1 aromatic carbocycles. The van der Waals surface area contributed by atoms with Gasteiger partial charge in [0.15, 0.2) is 5.82 Å². The lowest BCUT2D eigenvalue weighted by Gasteiger charge is -2.32. The molecular weight excluding hydrogens is 312 g/mol. The van der Waals surface area contributed by atoms with Crippen molar-refractivity contribution >= 4 is 16.9 Å². The van der Waals surface area contributed by atoms with E-state index in [4.69, 9.17) is 4.98 Å². The van der Waals surface area contributed by atoms with Crippen LogP contribution in [-0.4, -0.2) is 33.3 Å². The maximum atomic E-state index is 9.51. The summed E-state index contributed by atoms with van der Waals surface area (Å²) in [6, 6.07) is 10.4. The van der Waals surface area contributed by atoms with Crippen LogP contribution in [0.25, 0.3) is 11.0 Å². The van der Waals surface area contributed by atoms with E-state index in [1.165, 1.54) is 0 Å². The van der Waals surface area contributed by atoms with Gasteiger partial charge in [0.1, 0.15) is 17.5 Å². The standard InChI is InChI=1S/C19H20N6/c1-12-13(2)23-24-19(15(12)11-20)25-9-7-14(8-10-25)18-21-16-5-3-4-6-17(16)22-18/h3-6,14H,7-10H2,1-2H3,(H,21,22). The Morgan fingerprint density at radius 1 is 1.16 bits per heavy atom. The molecular formula is C19H20N6. The number of hydrogen-bond acceptors (Lipinski definition) is 5. The van der Waals surface area contributed by atoms with Gasteiger partial charge in [0.25, 0.3) is 0 Å². The van der Waals surface area contributed by atoms with Crippen molar-refractivity contribution in [1.82, 2.24) is 20.2 Å². The van der Waals surface area contributed by atoms with Crippen molar-refractivity contribution in [3.8, 4) is 6.07 Å². The van der Waals surface area contributed by atoms with E-state index in [1.807, 2.05) is 32.0 Å². The van der Waals surface area contributed by atoms with E-state index in [2.05, 4.69) is 32.2 Å². The van der Waals surface area contributed by atoms with Crippen molar-refractivity contribution in [3.05, 3.63) is 46.9 Å². The van der Waals surface area contributed by atoms with Gasteiger partial charge in [-0.2, -0.15) is 10.4 Å². The van der Waals surface area contributed by atoms with Crippen LogP contribution < -0.4 is 4.90 Å². The molecule has 0 unspecified atom stereocenters. The van der Waals surface area contributed by atoms with Crippen LogP contribution in [0.2, 0.25) is 0 Å². The predicted molar refractivity (Wildman–Crippen MR) is 96.5 cm³/mol. The average Bonchev–Trinajstić information content (AvgIpc) is 3.08.